The van der Waals surface area contributed by atoms with E-state index in [1.807, 2.05) is 0 Å². The lowest BCUT2D eigenvalue weighted by molar-refractivity contribution is -0.140. The van der Waals surface area contributed by atoms with E-state index in [1.54, 1.807) is 13.0 Å². The van der Waals surface area contributed by atoms with Gasteiger partial charge in [-0.1, -0.05) is 0 Å². The average molecular weight is 297 g/mol. The molecule has 0 N–H and O–H groups in total. The summed E-state index contributed by atoms with van der Waals surface area (Å²) >= 11 is 0. The molecule has 21 heavy (non-hydrogen) atoms. The van der Waals surface area contributed by atoms with Crippen molar-refractivity contribution in [1.82, 2.24) is 4.98 Å². The number of pyridine rings is 1. The Hall–Kier alpha value is -2.11. The highest BCUT2D eigenvalue weighted by Crippen LogP contribution is 2.32. The lowest BCUT2D eigenvalue weighted by Crippen LogP contribution is -2.06. The number of hydrogen-bond acceptors (Lipinski definition) is 3. The minimum atomic E-state index is -4.40. The topological polar surface area (TPSA) is 39.2 Å². The van der Waals surface area contributed by atoms with Crippen molar-refractivity contribution in [2.75, 3.05) is 7.11 Å². The Balaban J connectivity index is 2.49. The van der Waals surface area contributed by atoms with E-state index in [1.165, 1.54) is 13.2 Å². The first kappa shape index (κ1) is 15.3. The minimum Gasteiger partial charge on any atom is -0.469 e. The molecular weight excluding hydrogens is 283 g/mol. The van der Waals surface area contributed by atoms with Gasteiger partial charge in [-0.05, 0) is 43.2 Å². The van der Waals surface area contributed by atoms with Crippen LogP contribution in [-0.4, -0.2) is 18.1 Å². The van der Waals surface area contributed by atoms with Gasteiger partial charge in [-0.15, -0.1) is 0 Å². The number of halogens is 3. The molecule has 3 nitrogen and oxygen atoms in total. The van der Waals surface area contributed by atoms with Crippen LogP contribution >= 0.6 is 0 Å². The van der Waals surface area contributed by atoms with Crippen LogP contribution in [0.15, 0.2) is 24.3 Å². The zero-order valence-electron chi connectivity index (χ0n) is 11.6. The van der Waals surface area contributed by atoms with Crippen LogP contribution in [0.2, 0.25) is 0 Å². The Bertz CT molecular complexity index is 680. The Kier molecular flexibility index (Phi) is 4.16. The van der Waals surface area contributed by atoms with Gasteiger partial charge in [0.15, 0.2) is 0 Å². The van der Waals surface area contributed by atoms with Gasteiger partial charge in [0, 0.05) is 17.5 Å². The van der Waals surface area contributed by atoms with E-state index in [-0.39, 0.29) is 6.42 Å². The van der Waals surface area contributed by atoms with Crippen LogP contribution in [0.5, 0.6) is 0 Å². The highest BCUT2D eigenvalue weighted by Gasteiger charge is 2.30. The number of rotatable bonds is 3. The summed E-state index contributed by atoms with van der Waals surface area (Å²) in [6, 6.07) is 5.14. The quantitative estimate of drug-likeness (QED) is 0.811. The first-order chi connectivity index (χ1) is 9.81. The van der Waals surface area contributed by atoms with E-state index < -0.39 is 17.7 Å². The highest BCUT2D eigenvalue weighted by molar-refractivity contribution is 5.84. The molecule has 0 saturated carbocycles. The molecule has 0 aliphatic heterocycles. The molecule has 0 aliphatic rings. The van der Waals surface area contributed by atoms with E-state index in [9.17, 15) is 18.0 Å². The normalized spacial score (nSPS) is 11.7. The van der Waals surface area contributed by atoms with Gasteiger partial charge >= 0.3 is 12.1 Å². The molecule has 2 rings (SSSR count). The molecule has 0 bridgehead atoms. The summed E-state index contributed by atoms with van der Waals surface area (Å²) in [7, 11) is 1.28. The molecule has 1 aromatic heterocycles. The molecule has 0 amide bonds. The number of carbonyl (C=O) groups excluding carboxylic acids is 1. The molecule has 0 fully saturated rings. The monoisotopic (exact) mass is 297 g/mol. The summed E-state index contributed by atoms with van der Waals surface area (Å²) in [5.74, 6) is -0.399. The van der Waals surface area contributed by atoms with Crippen LogP contribution in [0.4, 0.5) is 13.2 Å². The molecule has 6 heteroatoms. The second-order valence-electron chi connectivity index (χ2n) is 4.73. The maximum absolute atomic E-state index is 12.8. The third kappa shape index (κ3) is 3.51. The SMILES string of the molecule is COC(=O)CCc1cc(C)nc2ccc(C(F)(F)F)cc12. The van der Waals surface area contributed by atoms with Crippen molar-refractivity contribution in [3.05, 3.63) is 41.1 Å². The van der Waals surface area contributed by atoms with Gasteiger partial charge < -0.3 is 4.74 Å². The number of fused-ring (bicyclic) bond motifs is 1. The second-order valence-corrected chi connectivity index (χ2v) is 4.73. The first-order valence-corrected chi connectivity index (χ1v) is 6.35. The number of carbonyl (C=O) groups is 1. The number of aromatic nitrogens is 1. The lowest BCUT2D eigenvalue weighted by Gasteiger charge is -2.11. The van der Waals surface area contributed by atoms with E-state index >= 15 is 0 Å². The maximum Gasteiger partial charge on any atom is 0.416 e. The number of aryl methyl sites for hydroxylation is 2. The fourth-order valence-electron chi connectivity index (χ4n) is 2.16. The van der Waals surface area contributed by atoms with Gasteiger partial charge in [-0.2, -0.15) is 13.2 Å². The van der Waals surface area contributed by atoms with E-state index in [0.717, 1.165) is 12.1 Å². The summed E-state index contributed by atoms with van der Waals surface area (Å²) in [5.41, 5.74) is 1.12. The predicted molar refractivity (Wildman–Crippen MR) is 71.8 cm³/mol. The van der Waals surface area contributed by atoms with Crippen LogP contribution in [0.25, 0.3) is 10.9 Å². The Morgan fingerprint density at radius 3 is 2.62 bits per heavy atom. The number of benzene rings is 1. The predicted octanol–water partition coefficient (Wildman–Crippen LogP) is 3.67. The van der Waals surface area contributed by atoms with Crippen LogP contribution in [0.3, 0.4) is 0 Å². The second kappa shape index (κ2) is 5.71. The maximum atomic E-state index is 12.8. The third-order valence-electron chi connectivity index (χ3n) is 3.18. The summed E-state index contributed by atoms with van der Waals surface area (Å²) in [4.78, 5) is 15.4. The smallest absolute Gasteiger partial charge is 0.416 e. The van der Waals surface area contributed by atoms with Gasteiger partial charge in [-0.25, -0.2) is 0 Å². The van der Waals surface area contributed by atoms with Crippen molar-refractivity contribution < 1.29 is 22.7 Å². The molecule has 1 aromatic carbocycles. The first-order valence-electron chi connectivity index (χ1n) is 6.35. The van der Waals surface area contributed by atoms with Crippen molar-refractivity contribution >= 4 is 16.9 Å². The number of ether oxygens (including phenoxy) is 1. The van der Waals surface area contributed by atoms with Crippen LogP contribution in [0.1, 0.15) is 23.2 Å². The van der Waals surface area contributed by atoms with Gasteiger partial charge in [0.05, 0.1) is 18.2 Å². The molecule has 1 heterocycles. The van der Waals surface area contributed by atoms with E-state index in [4.69, 9.17) is 0 Å². The van der Waals surface area contributed by atoms with Crippen LogP contribution in [-0.2, 0) is 22.1 Å². The number of methoxy groups -OCH3 is 1. The number of alkyl halides is 3. The van der Waals surface area contributed by atoms with Gasteiger partial charge in [0.1, 0.15) is 0 Å². The Morgan fingerprint density at radius 1 is 1.29 bits per heavy atom. The number of hydrogen-bond donors (Lipinski definition) is 0. The Morgan fingerprint density at radius 2 is 2.00 bits per heavy atom. The number of nitrogens with zero attached hydrogens (tertiary/aromatic N) is 1. The minimum absolute atomic E-state index is 0.116. The molecule has 0 atom stereocenters. The fourth-order valence-corrected chi connectivity index (χ4v) is 2.16. The van der Waals surface area contributed by atoms with Crippen molar-refractivity contribution in [2.24, 2.45) is 0 Å². The molecule has 112 valence electrons. The molecule has 2 aromatic rings. The largest absolute Gasteiger partial charge is 0.469 e. The molecular formula is C15H14F3NO2. The van der Waals surface area contributed by atoms with Gasteiger partial charge in [0.2, 0.25) is 0 Å². The van der Waals surface area contributed by atoms with Crippen molar-refractivity contribution in [3.63, 3.8) is 0 Å². The number of esters is 1. The third-order valence-corrected chi connectivity index (χ3v) is 3.18. The van der Waals surface area contributed by atoms with E-state index in [0.29, 0.717) is 28.6 Å². The fraction of sp³-hybridized carbons (Fsp3) is 0.333. The summed E-state index contributed by atoms with van der Waals surface area (Å²) in [6.07, 6.45) is -3.97. The summed E-state index contributed by atoms with van der Waals surface area (Å²) in [6.45, 7) is 1.76. The van der Waals surface area contributed by atoms with E-state index in [2.05, 4.69) is 9.72 Å². The Labute approximate surface area is 119 Å². The van der Waals surface area contributed by atoms with Gasteiger partial charge in [0.25, 0.3) is 0 Å². The van der Waals surface area contributed by atoms with Gasteiger partial charge in [-0.3, -0.25) is 9.78 Å². The summed E-state index contributed by atoms with van der Waals surface area (Å²) < 4.78 is 43.0. The van der Waals surface area contributed by atoms with Crippen molar-refractivity contribution in [2.45, 2.75) is 25.9 Å². The molecule has 0 aliphatic carbocycles. The van der Waals surface area contributed by atoms with Crippen LogP contribution in [0, 0.1) is 6.92 Å². The zero-order chi connectivity index (χ0) is 15.6. The van der Waals surface area contributed by atoms with Crippen molar-refractivity contribution in [1.29, 1.82) is 0 Å². The van der Waals surface area contributed by atoms with Crippen molar-refractivity contribution in [3.8, 4) is 0 Å². The lowest BCUT2D eigenvalue weighted by atomic mass is 10.0. The van der Waals surface area contributed by atoms with Crippen LogP contribution < -0.4 is 0 Å². The molecule has 0 radical (unpaired) electrons. The zero-order valence-corrected chi connectivity index (χ0v) is 11.6. The average Bonchev–Trinajstić information content (AvgIpc) is 2.42. The molecule has 0 unspecified atom stereocenters. The molecule has 0 saturated heterocycles. The highest BCUT2D eigenvalue weighted by atomic mass is 19.4. The summed E-state index contributed by atoms with van der Waals surface area (Å²) in [5, 5.41) is 0.416. The standard InChI is InChI=1S/C15H14F3NO2/c1-9-7-10(3-6-14(20)21-2)12-8-11(15(16,17)18)4-5-13(12)19-9/h4-5,7-8H,3,6H2,1-2H3. The molecule has 0 spiro atoms.